The van der Waals surface area contributed by atoms with Gasteiger partial charge in [0, 0.05) is 18.5 Å². The normalized spacial score (nSPS) is 13.6. The molecule has 0 saturated carbocycles. The molecule has 0 amide bonds. The van der Waals surface area contributed by atoms with E-state index in [9.17, 15) is 35.1 Å². The van der Waals surface area contributed by atoms with Crippen LogP contribution < -0.4 is 0 Å². The number of aromatic amines is 1. The third-order valence-electron chi connectivity index (χ3n) is 5.98. The van der Waals surface area contributed by atoms with Crippen molar-refractivity contribution in [2.75, 3.05) is 6.54 Å². The first-order valence-corrected chi connectivity index (χ1v) is 11.3. The molecule has 0 radical (unpaired) electrons. The summed E-state index contributed by atoms with van der Waals surface area (Å²) in [5.74, 6) is -1.89. The van der Waals surface area contributed by atoms with Gasteiger partial charge in [0.25, 0.3) is 0 Å². The van der Waals surface area contributed by atoms with Crippen molar-refractivity contribution >= 4 is 6.21 Å². The summed E-state index contributed by atoms with van der Waals surface area (Å²) in [5.41, 5.74) is -2.16. The molecule has 0 atom stereocenters. The van der Waals surface area contributed by atoms with Crippen LogP contribution >= 0.6 is 0 Å². The zero-order chi connectivity index (χ0) is 27.9. The second kappa shape index (κ2) is 9.75. The highest BCUT2D eigenvalue weighted by Crippen LogP contribution is 2.40. The lowest BCUT2D eigenvalue weighted by molar-refractivity contribution is -0.142. The average Bonchev–Trinajstić information content (AvgIpc) is 3.31. The molecule has 3 heterocycles. The number of imidazole rings is 1. The van der Waals surface area contributed by atoms with E-state index in [4.69, 9.17) is 0 Å². The Kier molecular flexibility index (Phi) is 6.56. The Labute approximate surface area is 215 Å². The summed E-state index contributed by atoms with van der Waals surface area (Å²) in [6, 6.07) is 7.78. The molecule has 1 aliphatic heterocycles. The second-order valence-corrected chi connectivity index (χ2v) is 8.60. The minimum Gasteiger partial charge on any atom is -0.340 e. The predicted octanol–water partition coefficient (Wildman–Crippen LogP) is 6.24. The van der Waals surface area contributed by atoms with E-state index in [0.29, 0.717) is 36.1 Å². The number of aromatic nitrogens is 4. The summed E-state index contributed by atoms with van der Waals surface area (Å²) in [7, 11) is 0. The van der Waals surface area contributed by atoms with Gasteiger partial charge in [0.1, 0.15) is 11.5 Å². The van der Waals surface area contributed by atoms with Crippen LogP contribution in [0.15, 0.2) is 53.6 Å². The van der Waals surface area contributed by atoms with E-state index in [1.807, 2.05) is 0 Å². The maximum Gasteiger partial charge on any atom is 0.417 e. The van der Waals surface area contributed by atoms with Crippen LogP contribution in [0.4, 0.5) is 35.1 Å². The van der Waals surface area contributed by atoms with Crippen molar-refractivity contribution in [1.82, 2.24) is 25.2 Å². The van der Waals surface area contributed by atoms with Gasteiger partial charge in [-0.15, -0.1) is 0 Å². The molecule has 5 rings (SSSR count). The average molecular weight is 552 g/mol. The van der Waals surface area contributed by atoms with Crippen molar-refractivity contribution in [3.05, 3.63) is 88.4 Å². The molecule has 2 aromatic heterocycles. The molecule has 0 saturated heterocycles. The Morgan fingerprint density at radius 2 is 1.67 bits per heavy atom. The second-order valence-electron chi connectivity index (χ2n) is 8.60. The van der Waals surface area contributed by atoms with Crippen LogP contribution in [-0.2, 0) is 25.3 Å². The van der Waals surface area contributed by atoms with Gasteiger partial charge >= 0.3 is 12.4 Å². The molecule has 4 aromatic rings. The maximum atomic E-state index is 14.1. The lowest BCUT2D eigenvalue weighted by atomic mass is 10.00. The van der Waals surface area contributed by atoms with Gasteiger partial charge in [-0.05, 0) is 36.4 Å². The van der Waals surface area contributed by atoms with Crippen molar-refractivity contribution in [3.63, 3.8) is 0 Å². The van der Waals surface area contributed by atoms with E-state index in [1.54, 1.807) is 5.01 Å². The number of nitrogens with one attached hydrogen (secondary N) is 1. The fourth-order valence-electron chi connectivity index (χ4n) is 4.02. The Bertz CT molecular complexity index is 1540. The summed E-state index contributed by atoms with van der Waals surface area (Å²) in [5, 5.41) is 13.6. The van der Waals surface area contributed by atoms with E-state index in [1.165, 1.54) is 30.5 Å². The SMILES string of the molecule is Fc1cccc(-c2nc3c([nH]2)CN(CCc2ccc(-c4ccc(C(F)(F)F)cc4C(F)(F)F)nn2)N=C3)c1F. The van der Waals surface area contributed by atoms with Crippen molar-refractivity contribution in [1.29, 1.82) is 0 Å². The van der Waals surface area contributed by atoms with E-state index in [0.717, 1.165) is 12.1 Å². The fraction of sp³-hybridized carbons (Fsp3) is 0.200. The molecule has 2 aromatic carbocycles. The van der Waals surface area contributed by atoms with Crippen LogP contribution in [0.25, 0.3) is 22.6 Å². The number of hydrogen-bond donors (Lipinski definition) is 1. The van der Waals surface area contributed by atoms with Crippen LogP contribution in [0.2, 0.25) is 0 Å². The van der Waals surface area contributed by atoms with Gasteiger partial charge in [0.15, 0.2) is 11.6 Å². The third kappa shape index (κ3) is 5.45. The molecule has 0 fully saturated rings. The van der Waals surface area contributed by atoms with Crippen molar-refractivity contribution < 1.29 is 35.1 Å². The quantitative estimate of drug-likeness (QED) is 0.298. The highest BCUT2D eigenvalue weighted by Gasteiger charge is 2.38. The maximum absolute atomic E-state index is 14.1. The minimum atomic E-state index is -5.03. The summed E-state index contributed by atoms with van der Waals surface area (Å²) in [6.45, 7) is 0.586. The number of alkyl halides is 6. The van der Waals surface area contributed by atoms with Crippen molar-refractivity contribution in [2.24, 2.45) is 5.10 Å². The number of benzene rings is 2. The third-order valence-corrected chi connectivity index (χ3v) is 5.98. The molecular weight excluding hydrogens is 536 g/mol. The van der Waals surface area contributed by atoms with Crippen molar-refractivity contribution in [3.8, 4) is 22.6 Å². The summed E-state index contributed by atoms with van der Waals surface area (Å²) >= 11 is 0. The molecule has 202 valence electrons. The van der Waals surface area contributed by atoms with Gasteiger partial charge < -0.3 is 4.98 Å². The van der Waals surface area contributed by atoms with E-state index >= 15 is 0 Å². The molecule has 14 heteroatoms. The molecule has 6 nitrogen and oxygen atoms in total. The number of H-pyrrole nitrogens is 1. The van der Waals surface area contributed by atoms with Crippen LogP contribution in [0.5, 0.6) is 0 Å². The van der Waals surface area contributed by atoms with Crippen LogP contribution in [0.1, 0.15) is 28.2 Å². The van der Waals surface area contributed by atoms with Gasteiger partial charge in [-0.2, -0.15) is 41.6 Å². The molecule has 1 aliphatic rings. The molecular formula is C25H16F8N6. The standard InChI is InChI=1S/C25H16F8N6/c26-18-3-1-2-16(22(18)27)23-35-20-11-34-39(12-21(20)36-23)9-8-14-5-7-19(38-37-14)15-6-4-13(24(28,29)30)10-17(15)25(31,32)33/h1-7,10-11H,8-9,12H2,(H,35,36). The van der Waals surface area contributed by atoms with Gasteiger partial charge in [-0.1, -0.05) is 12.1 Å². The molecule has 0 spiro atoms. The minimum absolute atomic E-state index is 0.0264. The Morgan fingerprint density at radius 1 is 0.872 bits per heavy atom. The zero-order valence-corrected chi connectivity index (χ0v) is 19.6. The number of hydrazone groups is 1. The number of fused-ring (bicyclic) bond motifs is 1. The van der Waals surface area contributed by atoms with Crippen LogP contribution in [0, 0.1) is 11.6 Å². The number of rotatable bonds is 5. The van der Waals surface area contributed by atoms with Gasteiger partial charge in [-0.25, -0.2) is 13.8 Å². The van der Waals surface area contributed by atoms with Gasteiger partial charge in [-0.3, -0.25) is 5.01 Å². The number of nitrogens with zero attached hydrogens (tertiary/aromatic N) is 5. The lowest BCUT2D eigenvalue weighted by Crippen LogP contribution is -2.24. The Morgan fingerprint density at radius 3 is 2.36 bits per heavy atom. The Hall–Kier alpha value is -4.36. The smallest absolute Gasteiger partial charge is 0.340 e. The molecule has 0 aliphatic carbocycles. The first-order valence-electron chi connectivity index (χ1n) is 11.3. The number of halogens is 8. The molecule has 0 bridgehead atoms. The largest absolute Gasteiger partial charge is 0.417 e. The Balaban J connectivity index is 1.27. The van der Waals surface area contributed by atoms with E-state index in [-0.39, 0.29) is 29.7 Å². The van der Waals surface area contributed by atoms with E-state index in [2.05, 4.69) is 25.3 Å². The molecule has 0 unspecified atom stereocenters. The predicted molar refractivity (Wildman–Crippen MR) is 123 cm³/mol. The summed E-state index contributed by atoms with van der Waals surface area (Å²) in [6.07, 6.45) is -8.22. The van der Waals surface area contributed by atoms with Gasteiger partial charge in [0.2, 0.25) is 0 Å². The zero-order valence-electron chi connectivity index (χ0n) is 19.6. The first kappa shape index (κ1) is 26.3. The molecule has 39 heavy (non-hydrogen) atoms. The lowest BCUT2D eigenvalue weighted by Gasteiger charge is -2.21. The van der Waals surface area contributed by atoms with E-state index < -0.39 is 40.7 Å². The highest BCUT2D eigenvalue weighted by atomic mass is 19.4. The van der Waals surface area contributed by atoms with Crippen LogP contribution in [-0.4, -0.2) is 37.9 Å². The fourth-order valence-corrected chi connectivity index (χ4v) is 4.02. The van der Waals surface area contributed by atoms with Gasteiger partial charge in [0.05, 0.1) is 46.5 Å². The van der Waals surface area contributed by atoms with Crippen LogP contribution in [0.3, 0.4) is 0 Å². The first-order chi connectivity index (χ1) is 18.4. The summed E-state index contributed by atoms with van der Waals surface area (Å²) < 4.78 is 107. The summed E-state index contributed by atoms with van der Waals surface area (Å²) in [4.78, 5) is 7.22. The topological polar surface area (TPSA) is 70.1 Å². The van der Waals surface area contributed by atoms with Crippen molar-refractivity contribution in [2.45, 2.75) is 25.3 Å². The molecule has 1 N–H and O–H groups in total. The highest BCUT2D eigenvalue weighted by molar-refractivity contribution is 5.80. The number of hydrogen-bond acceptors (Lipinski definition) is 5. The monoisotopic (exact) mass is 552 g/mol.